The smallest absolute Gasteiger partial charge is 0.352 e. The molecule has 0 bridgehead atoms. The number of thioether (sulfide) groups is 2. The molecule has 17 heteroatoms. The van der Waals surface area contributed by atoms with Gasteiger partial charge >= 0.3 is 5.97 Å². The molecule has 0 saturated carbocycles. The minimum absolute atomic E-state index is 0.0713. The van der Waals surface area contributed by atoms with Crippen molar-refractivity contribution < 1.29 is 24.3 Å². The summed E-state index contributed by atoms with van der Waals surface area (Å²) in [6.07, 6.45) is 4.01. The van der Waals surface area contributed by atoms with Crippen LogP contribution in [-0.2, 0) is 25.8 Å². The van der Waals surface area contributed by atoms with E-state index in [1.165, 1.54) is 28.4 Å². The summed E-state index contributed by atoms with van der Waals surface area (Å²) in [5.74, 6) is -1.71. The van der Waals surface area contributed by atoms with Gasteiger partial charge in [-0.25, -0.2) is 14.5 Å². The number of nitrogen functional groups attached to an aromatic ring is 1. The van der Waals surface area contributed by atoms with Crippen molar-refractivity contribution in [2.45, 2.75) is 75.7 Å². The number of nitrogens with zero attached hydrogens (tertiary/aromatic N) is 7. The quantitative estimate of drug-likeness (QED) is 0.0929. The van der Waals surface area contributed by atoms with Crippen LogP contribution in [-0.4, -0.2) is 87.7 Å². The van der Waals surface area contributed by atoms with E-state index in [9.17, 15) is 19.5 Å². The van der Waals surface area contributed by atoms with E-state index in [2.05, 4.69) is 37.9 Å². The lowest BCUT2D eigenvalue weighted by Crippen LogP contribution is -2.71. The van der Waals surface area contributed by atoms with E-state index in [4.69, 9.17) is 10.6 Å². The van der Waals surface area contributed by atoms with E-state index >= 15 is 0 Å². The Morgan fingerprint density at radius 3 is 2.83 bits per heavy atom. The van der Waals surface area contributed by atoms with Crippen molar-refractivity contribution >= 4 is 63.5 Å². The van der Waals surface area contributed by atoms with Gasteiger partial charge in [-0.15, -0.1) is 28.2 Å². The van der Waals surface area contributed by atoms with Gasteiger partial charge in [0.05, 0.1) is 0 Å². The van der Waals surface area contributed by atoms with Gasteiger partial charge < -0.3 is 21.0 Å². The fourth-order valence-corrected chi connectivity index (χ4v) is 6.98. The predicted molar refractivity (Wildman–Crippen MR) is 152 cm³/mol. The van der Waals surface area contributed by atoms with Gasteiger partial charge in [0, 0.05) is 23.4 Å². The van der Waals surface area contributed by atoms with Crippen molar-refractivity contribution in [3.05, 3.63) is 22.3 Å². The molecule has 0 aliphatic carbocycles. The molecule has 2 aromatic rings. The Morgan fingerprint density at radius 1 is 1.35 bits per heavy atom. The average molecular weight is 610 g/mol. The third-order valence-corrected chi connectivity index (χ3v) is 9.03. The summed E-state index contributed by atoms with van der Waals surface area (Å²) in [6.45, 7) is 6.34. The first-order valence-corrected chi connectivity index (χ1v) is 15.7. The molecular weight excluding hydrogens is 579 g/mol. The lowest BCUT2D eigenvalue weighted by atomic mass is 10.0. The zero-order valence-electron chi connectivity index (χ0n) is 22.3. The number of carboxylic acids is 1. The van der Waals surface area contributed by atoms with Crippen LogP contribution in [0, 0.1) is 0 Å². The highest BCUT2D eigenvalue weighted by molar-refractivity contribution is 8.01. The molecule has 2 amide bonds. The molecule has 2 unspecified atom stereocenters. The lowest BCUT2D eigenvalue weighted by molar-refractivity contribution is -0.150. The number of nitrogens with two attached hydrogens (primary N) is 1. The number of hydrogen-bond donors (Lipinski definition) is 3. The number of nitrogens with one attached hydrogen (secondary N) is 1. The zero-order valence-corrected chi connectivity index (χ0v) is 24.7. The van der Waals surface area contributed by atoms with Gasteiger partial charge in [-0.3, -0.25) is 14.5 Å². The number of amides is 2. The Hall–Kier alpha value is -3.18. The second kappa shape index (κ2) is 13.5. The Bertz CT molecular complexity index is 1310. The molecule has 1 saturated heterocycles. The van der Waals surface area contributed by atoms with Crippen molar-refractivity contribution in [3.8, 4) is 0 Å². The third-order valence-electron chi connectivity index (χ3n) is 5.97. The predicted octanol–water partition coefficient (Wildman–Crippen LogP) is 1.95. The molecule has 4 heterocycles. The number of thiazole rings is 1. The number of tetrazole rings is 1. The summed E-state index contributed by atoms with van der Waals surface area (Å²) < 4.78 is 1.72. The van der Waals surface area contributed by atoms with Crippen LogP contribution in [0.15, 0.2) is 27.0 Å². The standard InChI is InChI=1S/C23H31N9O5S3/c1-4-5-6-7-8-31-23(27-29-30-31)40-10-13-9-38-20-16(19(34)32(20)17(13)21(35)36)26-18(33)15(28-37-12(2)3)14-11-39-22(24)25-14/h11-12,16,20H,4-10H2,1-3H3,(H2,24,25)(H,26,33)(H,35,36)/b28-15+. The van der Waals surface area contributed by atoms with Crippen LogP contribution in [0.5, 0.6) is 0 Å². The fraction of sp³-hybridized carbons (Fsp3) is 0.565. The van der Waals surface area contributed by atoms with E-state index in [1.54, 1.807) is 23.9 Å². The summed E-state index contributed by atoms with van der Waals surface area (Å²) in [4.78, 5) is 49.1. The fourth-order valence-electron chi connectivity index (χ4n) is 4.04. The molecule has 2 atom stereocenters. The van der Waals surface area contributed by atoms with Gasteiger partial charge in [-0.2, -0.15) is 0 Å². The third kappa shape index (κ3) is 6.75. The molecule has 0 radical (unpaired) electrons. The summed E-state index contributed by atoms with van der Waals surface area (Å²) in [7, 11) is 0. The summed E-state index contributed by atoms with van der Waals surface area (Å²) in [5, 5.41) is 30.3. The zero-order chi connectivity index (χ0) is 28.8. The average Bonchev–Trinajstić information content (AvgIpc) is 3.56. The van der Waals surface area contributed by atoms with E-state index in [0.29, 0.717) is 28.8 Å². The molecule has 14 nitrogen and oxygen atoms in total. The largest absolute Gasteiger partial charge is 0.477 e. The highest BCUT2D eigenvalue weighted by atomic mass is 32.2. The maximum Gasteiger partial charge on any atom is 0.352 e. The first-order chi connectivity index (χ1) is 19.2. The molecule has 1 fully saturated rings. The monoisotopic (exact) mass is 609 g/mol. The van der Waals surface area contributed by atoms with Crippen LogP contribution in [0.25, 0.3) is 0 Å². The number of oxime groups is 1. The maximum atomic E-state index is 13.1. The number of rotatable bonds is 14. The molecule has 2 aliphatic rings. The molecule has 0 aromatic carbocycles. The summed E-state index contributed by atoms with van der Waals surface area (Å²) in [6, 6.07) is -0.934. The highest BCUT2D eigenvalue weighted by Crippen LogP contribution is 2.41. The van der Waals surface area contributed by atoms with Gasteiger partial charge in [0.2, 0.25) is 5.16 Å². The van der Waals surface area contributed by atoms with Crippen LogP contribution < -0.4 is 11.1 Å². The number of hydrogen-bond acceptors (Lipinski definition) is 13. The Kier molecular flexibility index (Phi) is 10.0. The van der Waals surface area contributed by atoms with Crippen LogP contribution in [0.4, 0.5) is 5.13 Å². The number of carbonyl (C=O) groups is 3. The molecule has 2 aromatic heterocycles. The topological polar surface area (TPSA) is 191 Å². The summed E-state index contributed by atoms with van der Waals surface area (Å²) in [5.41, 5.74) is 6.33. The van der Waals surface area contributed by atoms with Crippen LogP contribution in [0.3, 0.4) is 0 Å². The number of carboxylic acid groups (broad SMARTS) is 1. The SMILES string of the molecule is CCCCCCn1nnnc1SCC1=C(C(=O)O)N2C(=O)C(NC(=O)/C(=N/OC(C)C)c3csc(N)n3)C2SC1. The lowest BCUT2D eigenvalue weighted by Gasteiger charge is -2.49. The first-order valence-electron chi connectivity index (χ1n) is 12.8. The number of β-lactam (4-membered cyclic amide) rings is 1. The van der Waals surface area contributed by atoms with Gasteiger partial charge in [0.1, 0.15) is 28.9 Å². The maximum absolute atomic E-state index is 13.1. The van der Waals surface area contributed by atoms with Crippen molar-refractivity contribution in [2.24, 2.45) is 5.16 Å². The van der Waals surface area contributed by atoms with Crippen molar-refractivity contribution in [2.75, 3.05) is 17.2 Å². The Morgan fingerprint density at radius 2 is 2.15 bits per heavy atom. The number of anilines is 1. The molecule has 2 aliphatic heterocycles. The number of aromatic nitrogens is 5. The van der Waals surface area contributed by atoms with Gasteiger partial charge in [-0.1, -0.05) is 43.1 Å². The van der Waals surface area contributed by atoms with Gasteiger partial charge in [0.25, 0.3) is 11.8 Å². The van der Waals surface area contributed by atoms with Crippen LogP contribution in [0.1, 0.15) is 52.1 Å². The molecule has 40 heavy (non-hydrogen) atoms. The number of fused-ring (bicyclic) bond motifs is 1. The Balaban J connectivity index is 1.44. The molecule has 4 N–H and O–H groups in total. The minimum Gasteiger partial charge on any atom is -0.477 e. The molecule has 4 rings (SSSR count). The first kappa shape index (κ1) is 29.8. The second-order valence-electron chi connectivity index (χ2n) is 9.32. The highest BCUT2D eigenvalue weighted by Gasteiger charge is 2.54. The van der Waals surface area contributed by atoms with Crippen molar-refractivity contribution in [3.63, 3.8) is 0 Å². The molecule has 216 valence electrons. The number of aryl methyl sites for hydroxylation is 1. The number of aliphatic carboxylic acids is 1. The van der Waals surface area contributed by atoms with E-state index in [-0.39, 0.29) is 28.3 Å². The van der Waals surface area contributed by atoms with Gasteiger partial charge in [0.15, 0.2) is 10.8 Å². The minimum atomic E-state index is -1.20. The summed E-state index contributed by atoms with van der Waals surface area (Å²) >= 11 is 3.85. The Labute approximate surface area is 243 Å². The number of carbonyl (C=O) groups excluding carboxylic acids is 2. The molecule has 0 spiro atoms. The van der Waals surface area contributed by atoms with Gasteiger partial charge in [-0.05, 0) is 36.3 Å². The van der Waals surface area contributed by atoms with E-state index in [1.807, 2.05) is 0 Å². The van der Waals surface area contributed by atoms with Crippen LogP contribution in [0.2, 0.25) is 0 Å². The van der Waals surface area contributed by atoms with Crippen molar-refractivity contribution in [1.82, 2.24) is 35.4 Å². The van der Waals surface area contributed by atoms with Crippen molar-refractivity contribution in [1.29, 1.82) is 0 Å². The number of unbranched alkanes of at least 4 members (excludes halogenated alkanes) is 3. The second-order valence-corrected chi connectivity index (χ2v) is 12.3. The van der Waals surface area contributed by atoms with E-state index in [0.717, 1.165) is 37.0 Å². The molecular formula is C23H31N9O5S3. The normalized spacial score (nSPS) is 19.1. The van der Waals surface area contributed by atoms with Crippen LogP contribution >= 0.6 is 34.9 Å². The van der Waals surface area contributed by atoms with E-state index < -0.39 is 29.2 Å².